The summed E-state index contributed by atoms with van der Waals surface area (Å²) < 4.78 is 0. The van der Waals surface area contributed by atoms with Crippen LogP contribution in [0.15, 0.2) is 48.5 Å². The fraction of sp³-hybridized carbons (Fsp3) is 0.294. The van der Waals surface area contributed by atoms with E-state index in [2.05, 4.69) is 50.2 Å². The van der Waals surface area contributed by atoms with Gasteiger partial charge in [-0.25, -0.2) is 0 Å². The van der Waals surface area contributed by atoms with Crippen LogP contribution in [0.2, 0.25) is 5.02 Å². The minimum atomic E-state index is 0.124. The number of hydrogen-bond donors (Lipinski definition) is 1. The first-order chi connectivity index (χ1) is 9.06. The second kappa shape index (κ2) is 6.23. The van der Waals surface area contributed by atoms with Crippen molar-refractivity contribution in [3.63, 3.8) is 0 Å². The van der Waals surface area contributed by atoms with E-state index in [0.29, 0.717) is 5.92 Å². The van der Waals surface area contributed by atoms with E-state index in [-0.39, 0.29) is 6.04 Å². The van der Waals surface area contributed by atoms with Crippen molar-refractivity contribution in [2.75, 3.05) is 0 Å². The third-order valence-electron chi connectivity index (χ3n) is 3.51. The quantitative estimate of drug-likeness (QED) is 0.882. The zero-order chi connectivity index (χ0) is 13.8. The Bertz CT molecular complexity index is 514. The summed E-state index contributed by atoms with van der Waals surface area (Å²) in [6, 6.07) is 16.8. The molecule has 0 aromatic heterocycles. The molecule has 100 valence electrons. The molecule has 2 heteroatoms. The Morgan fingerprint density at radius 3 is 2.11 bits per heavy atom. The number of hydrogen-bond acceptors (Lipinski definition) is 1. The van der Waals surface area contributed by atoms with Crippen LogP contribution in [-0.2, 0) is 6.42 Å². The Morgan fingerprint density at radius 1 is 1.00 bits per heavy atom. The van der Waals surface area contributed by atoms with Crippen molar-refractivity contribution in [2.24, 2.45) is 5.73 Å². The predicted octanol–water partition coefficient (Wildman–Crippen LogP) is 4.32. The number of benzene rings is 2. The first kappa shape index (κ1) is 14.1. The first-order valence-corrected chi connectivity index (χ1v) is 7.00. The van der Waals surface area contributed by atoms with Gasteiger partial charge in [-0.3, -0.25) is 0 Å². The zero-order valence-corrected chi connectivity index (χ0v) is 12.2. The Morgan fingerprint density at radius 2 is 1.58 bits per heavy atom. The van der Waals surface area contributed by atoms with Crippen LogP contribution in [0.25, 0.3) is 0 Å². The molecule has 0 heterocycles. The van der Waals surface area contributed by atoms with Crippen molar-refractivity contribution < 1.29 is 0 Å². The smallest absolute Gasteiger partial charge is 0.0406 e. The van der Waals surface area contributed by atoms with Crippen molar-refractivity contribution >= 4 is 11.6 Å². The molecule has 0 bridgehead atoms. The lowest BCUT2D eigenvalue weighted by Crippen LogP contribution is -2.26. The summed E-state index contributed by atoms with van der Waals surface area (Å²) in [7, 11) is 0. The highest BCUT2D eigenvalue weighted by molar-refractivity contribution is 6.30. The van der Waals surface area contributed by atoms with E-state index in [1.54, 1.807) is 0 Å². The highest BCUT2D eigenvalue weighted by Crippen LogP contribution is 2.24. The Hall–Kier alpha value is -1.31. The summed E-state index contributed by atoms with van der Waals surface area (Å²) in [6.07, 6.45) is 0.942. The molecule has 2 N–H and O–H groups in total. The third-order valence-corrected chi connectivity index (χ3v) is 3.76. The second-order valence-corrected chi connectivity index (χ2v) is 5.64. The molecule has 2 aromatic rings. The van der Waals surface area contributed by atoms with Crippen LogP contribution in [0, 0.1) is 6.92 Å². The molecule has 2 atom stereocenters. The third kappa shape index (κ3) is 3.82. The zero-order valence-electron chi connectivity index (χ0n) is 11.4. The molecule has 0 saturated carbocycles. The van der Waals surface area contributed by atoms with Crippen molar-refractivity contribution in [1.82, 2.24) is 0 Å². The molecule has 0 radical (unpaired) electrons. The number of halogens is 1. The molecule has 0 amide bonds. The minimum Gasteiger partial charge on any atom is -0.327 e. The van der Waals surface area contributed by atoms with Crippen LogP contribution < -0.4 is 5.73 Å². The van der Waals surface area contributed by atoms with E-state index in [1.165, 1.54) is 16.7 Å². The summed E-state index contributed by atoms with van der Waals surface area (Å²) in [5.41, 5.74) is 10.0. The Labute approximate surface area is 120 Å². The van der Waals surface area contributed by atoms with Crippen LogP contribution in [-0.4, -0.2) is 6.04 Å². The van der Waals surface area contributed by atoms with Gasteiger partial charge >= 0.3 is 0 Å². The standard InChI is InChI=1S/C17H20ClN/c1-12-3-7-15(8-4-12)17(13(2)19)11-14-5-9-16(18)10-6-14/h3-10,13,17H,11,19H2,1-2H3. The molecule has 1 nitrogen and oxygen atoms in total. The summed E-state index contributed by atoms with van der Waals surface area (Å²) in [4.78, 5) is 0. The summed E-state index contributed by atoms with van der Waals surface area (Å²) in [6.45, 7) is 4.17. The molecule has 0 spiro atoms. The number of rotatable bonds is 4. The monoisotopic (exact) mass is 273 g/mol. The summed E-state index contributed by atoms with van der Waals surface area (Å²) in [5.74, 6) is 0.335. The highest BCUT2D eigenvalue weighted by atomic mass is 35.5. The van der Waals surface area contributed by atoms with Crippen LogP contribution in [0.3, 0.4) is 0 Å². The maximum Gasteiger partial charge on any atom is 0.0406 e. The Balaban J connectivity index is 2.21. The minimum absolute atomic E-state index is 0.124. The van der Waals surface area contributed by atoms with Gasteiger partial charge in [0, 0.05) is 17.0 Å². The lowest BCUT2D eigenvalue weighted by molar-refractivity contribution is 0.565. The first-order valence-electron chi connectivity index (χ1n) is 6.63. The van der Waals surface area contributed by atoms with Gasteiger partial charge in [-0.2, -0.15) is 0 Å². The molecule has 0 aliphatic rings. The highest BCUT2D eigenvalue weighted by Gasteiger charge is 2.16. The van der Waals surface area contributed by atoms with Crippen LogP contribution >= 0.6 is 11.6 Å². The van der Waals surface area contributed by atoms with Gasteiger partial charge in [-0.05, 0) is 43.5 Å². The summed E-state index contributed by atoms with van der Waals surface area (Å²) >= 11 is 5.92. The topological polar surface area (TPSA) is 26.0 Å². The van der Waals surface area contributed by atoms with Gasteiger partial charge in [0.05, 0.1) is 0 Å². The normalized spacial score (nSPS) is 14.1. The molecular formula is C17H20ClN. The van der Waals surface area contributed by atoms with E-state index in [4.69, 9.17) is 17.3 Å². The van der Waals surface area contributed by atoms with Gasteiger partial charge in [-0.1, -0.05) is 53.6 Å². The molecule has 2 rings (SSSR count). The van der Waals surface area contributed by atoms with Gasteiger partial charge in [0.1, 0.15) is 0 Å². The second-order valence-electron chi connectivity index (χ2n) is 5.21. The van der Waals surface area contributed by atoms with Crippen molar-refractivity contribution in [1.29, 1.82) is 0 Å². The van der Waals surface area contributed by atoms with Crippen molar-refractivity contribution in [3.05, 3.63) is 70.2 Å². The maximum absolute atomic E-state index is 6.16. The van der Waals surface area contributed by atoms with Crippen LogP contribution in [0.4, 0.5) is 0 Å². The van der Waals surface area contributed by atoms with E-state index in [1.807, 2.05) is 12.1 Å². The average molecular weight is 274 g/mol. The molecular weight excluding hydrogens is 254 g/mol. The van der Waals surface area contributed by atoms with E-state index >= 15 is 0 Å². The van der Waals surface area contributed by atoms with E-state index < -0.39 is 0 Å². The molecule has 0 saturated heterocycles. The lowest BCUT2D eigenvalue weighted by atomic mass is 9.87. The molecule has 2 aromatic carbocycles. The molecule has 19 heavy (non-hydrogen) atoms. The van der Waals surface area contributed by atoms with Gasteiger partial charge in [0.25, 0.3) is 0 Å². The van der Waals surface area contributed by atoms with Gasteiger partial charge in [-0.15, -0.1) is 0 Å². The van der Waals surface area contributed by atoms with E-state index in [0.717, 1.165) is 11.4 Å². The summed E-state index contributed by atoms with van der Waals surface area (Å²) in [5, 5.41) is 0.774. The van der Waals surface area contributed by atoms with E-state index in [9.17, 15) is 0 Å². The van der Waals surface area contributed by atoms with Crippen molar-refractivity contribution in [3.8, 4) is 0 Å². The van der Waals surface area contributed by atoms with Crippen LogP contribution in [0.1, 0.15) is 29.5 Å². The maximum atomic E-state index is 6.16. The largest absolute Gasteiger partial charge is 0.327 e. The average Bonchev–Trinajstić information content (AvgIpc) is 2.39. The fourth-order valence-electron chi connectivity index (χ4n) is 2.30. The molecule has 2 unspecified atom stereocenters. The Kier molecular flexibility index (Phi) is 4.62. The predicted molar refractivity (Wildman–Crippen MR) is 82.7 cm³/mol. The lowest BCUT2D eigenvalue weighted by Gasteiger charge is -2.21. The van der Waals surface area contributed by atoms with Crippen LogP contribution in [0.5, 0.6) is 0 Å². The molecule has 0 aliphatic heterocycles. The number of aryl methyl sites for hydroxylation is 1. The van der Waals surface area contributed by atoms with Gasteiger partial charge in [0.2, 0.25) is 0 Å². The van der Waals surface area contributed by atoms with Crippen molar-refractivity contribution in [2.45, 2.75) is 32.2 Å². The number of nitrogens with two attached hydrogens (primary N) is 1. The molecule has 0 aliphatic carbocycles. The molecule has 0 fully saturated rings. The van der Waals surface area contributed by atoms with Gasteiger partial charge < -0.3 is 5.73 Å². The fourth-order valence-corrected chi connectivity index (χ4v) is 2.42. The SMILES string of the molecule is Cc1ccc(C(Cc2ccc(Cl)cc2)C(C)N)cc1. The van der Waals surface area contributed by atoms with Gasteiger partial charge in [0.15, 0.2) is 0 Å².